The highest BCUT2D eigenvalue weighted by Crippen LogP contribution is 2.37. The van der Waals surface area contributed by atoms with Crippen molar-refractivity contribution in [2.45, 2.75) is 12.3 Å². The molecule has 1 aromatic carbocycles. The van der Waals surface area contributed by atoms with Crippen LogP contribution in [0.5, 0.6) is 5.75 Å². The van der Waals surface area contributed by atoms with E-state index in [2.05, 4.69) is 4.74 Å². The lowest BCUT2D eigenvalue weighted by Gasteiger charge is -2.20. The number of hydrogen-bond donors (Lipinski definition) is 0. The summed E-state index contributed by atoms with van der Waals surface area (Å²) in [7, 11) is 0. The van der Waals surface area contributed by atoms with Gasteiger partial charge < -0.3 is 4.74 Å². The quantitative estimate of drug-likeness (QED) is 0.622. The molecule has 2 nitrogen and oxygen atoms in total. The predicted octanol–water partition coefficient (Wildman–Crippen LogP) is 3.60. The molecule has 0 saturated carbocycles. The molecule has 0 N–H and O–H groups in total. The smallest absolute Gasteiger partial charge is 0.426 e. The molecule has 0 unspecified atom stereocenters. The second-order valence-corrected chi connectivity index (χ2v) is 3.26. The average Bonchev–Trinajstić information content (AvgIpc) is 2.16. The molecule has 94 valence electrons. The normalized spacial score (nSPS) is 12.4. The number of benzene rings is 1. The fourth-order valence-electron chi connectivity index (χ4n) is 0.860. The van der Waals surface area contributed by atoms with Gasteiger partial charge in [-0.25, -0.2) is 0 Å². The van der Waals surface area contributed by atoms with Crippen LogP contribution in [0.1, 0.15) is 10.4 Å². The summed E-state index contributed by atoms with van der Waals surface area (Å²) in [6.45, 7) is 0. The molecule has 0 atom stereocenters. The van der Waals surface area contributed by atoms with Gasteiger partial charge in [0.1, 0.15) is 5.75 Å². The topological polar surface area (TPSA) is 26.3 Å². The van der Waals surface area contributed by atoms with E-state index in [4.69, 9.17) is 11.6 Å². The van der Waals surface area contributed by atoms with E-state index < -0.39 is 23.3 Å². The summed E-state index contributed by atoms with van der Waals surface area (Å²) >= 11 is 5.05. The van der Waals surface area contributed by atoms with E-state index in [0.29, 0.717) is 0 Å². The number of ether oxygens (including phenoxy) is 1. The van der Waals surface area contributed by atoms with Crippen LogP contribution >= 0.6 is 11.6 Å². The van der Waals surface area contributed by atoms with Crippen molar-refractivity contribution in [1.29, 1.82) is 0 Å². The molecule has 0 aromatic heterocycles. The molecule has 0 bridgehead atoms. The summed E-state index contributed by atoms with van der Waals surface area (Å²) in [5.41, 5.74) is -0.0469. The van der Waals surface area contributed by atoms with Crippen molar-refractivity contribution in [2.24, 2.45) is 0 Å². The molecule has 1 aromatic rings. The molecule has 0 aliphatic heterocycles. The number of hydrogen-bond acceptors (Lipinski definition) is 2. The largest absolute Gasteiger partial charge is 0.499 e. The molecule has 0 aliphatic carbocycles. The molecule has 0 heterocycles. The standard InChI is InChI=1S/C9H4ClF5O2/c10-7(16)5-1-3-6(4-2-5)17-9(14,15)8(11,12)13/h1-4H. The van der Waals surface area contributed by atoms with E-state index in [-0.39, 0.29) is 5.56 Å². The van der Waals surface area contributed by atoms with E-state index in [1.165, 1.54) is 0 Å². The highest BCUT2D eigenvalue weighted by Gasteiger charge is 2.61. The van der Waals surface area contributed by atoms with Gasteiger partial charge in [-0.15, -0.1) is 0 Å². The highest BCUT2D eigenvalue weighted by atomic mass is 35.5. The van der Waals surface area contributed by atoms with Crippen molar-refractivity contribution in [1.82, 2.24) is 0 Å². The Bertz CT molecular complexity index is 412. The van der Waals surface area contributed by atoms with Gasteiger partial charge >= 0.3 is 12.3 Å². The Morgan fingerprint density at radius 1 is 1.06 bits per heavy atom. The number of carbonyl (C=O) groups is 1. The zero-order valence-electron chi connectivity index (χ0n) is 7.89. The molecule has 17 heavy (non-hydrogen) atoms. The van der Waals surface area contributed by atoms with Crippen molar-refractivity contribution >= 4 is 16.8 Å². The third-order valence-electron chi connectivity index (χ3n) is 1.66. The summed E-state index contributed by atoms with van der Waals surface area (Å²) < 4.78 is 63.7. The van der Waals surface area contributed by atoms with Gasteiger partial charge in [0, 0.05) is 5.56 Å². The van der Waals surface area contributed by atoms with E-state index in [1.54, 1.807) is 0 Å². The zero-order valence-corrected chi connectivity index (χ0v) is 8.65. The van der Waals surface area contributed by atoms with E-state index in [9.17, 15) is 26.7 Å². The summed E-state index contributed by atoms with van der Waals surface area (Å²) in [5.74, 6) is -0.728. The van der Waals surface area contributed by atoms with Gasteiger partial charge in [0.05, 0.1) is 0 Å². The van der Waals surface area contributed by atoms with Gasteiger partial charge in [-0.1, -0.05) is 0 Å². The van der Waals surface area contributed by atoms with Crippen molar-refractivity contribution in [3.63, 3.8) is 0 Å². The molecule has 0 aliphatic rings. The lowest BCUT2D eigenvalue weighted by atomic mass is 10.2. The Morgan fingerprint density at radius 2 is 1.53 bits per heavy atom. The van der Waals surface area contributed by atoms with Crippen LogP contribution in [0.4, 0.5) is 22.0 Å². The minimum atomic E-state index is -5.81. The lowest BCUT2D eigenvalue weighted by molar-refractivity contribution is -0.360. The number of carbonyl (C=O) groups excluding carboxylic acids is 1. The Morgan fingerprint density at radius 3 is 1.88 bits per heavy atom. The Labute approximate surface area is 96.9 Å². The summed E-state index contributed by atoms with van der Waals surface area (Å²) in [4.78, 5) is 10.6. The molecule has 1 rings (SSSR count). The summed E-state index contributed by atoms with van der Waals surface area (Å²) in [6, 6.07) is 3.51. The third kappa shape index (κ3) is 3.29. The van der Waals surface area contributed by atoms with E-state index >= 15 is 0 Å². The maximum absolute atomic E-state index is 12.4. The van der Waals surface area contributed by atoms with Crippen LogP contribution in [0.2, 0.25) is 0 Å². The fourth-order valence-corrected chi connectivity index (χ4v) is 0.986. The molecule has 0 fully saturated rings. The second kappa shape index (κ2) is 4.48. The molecule has 8 heteroatoms. The maximum atomic E-state index is 12.4. The fraction of sp³-hybridized carbons (Fsp3) is 0.222. The van der Waals surface area contributed by atoms with Crippen molar-refractivity contribution < 1.29 is 31.5 Å². The molecule has 0 saturated heterocycles. The second-order valence-electron chi connectivity index (χ2n) is 2.91. The minimum Gasteiger partial charge on any atom is -0.426 e. The average molecular weight is 275 g/mol. The van der Waals surface area contributed by atoms with Gasteiger partial charge in [-0.2, -0.15) is 22.0 Å². The predicted molar refractivity (Wildman–Crippen MR) is 48.3 cm³/mol. The number of halogens is 6. The van der Waals surface area contributed by atoms with Crippen LogP contribution in [0.3, 0.4) is 0 Å². The molecule has 0 radical (unpaired) electrons. The molecular weight excluding hydrogens is 271 g/mol. The Balaban J connectivity index is 2.86. The van der Waals surface area contributed by atoms with Crippen LogP contribution in [-0.4, -0.2) is 17.5 Å². The highest BCUT2D eigenvalue weighted by molar-refractivity contribution is 6.67. The first kappa shape index (κ1) is 13.7. The van der Waals surface area contributed by atoms with Crippen LogP contribution in [0.15, 0.2) is 24.3 Å². The van der Waals surface area contributed by atoms with Crippen LogP contribution in [-0.2, 0) is 0 Å². The van der Waals surface area contributed by atoms with Gasteiger partial charge in [-0.05, 0) is 35.9 Å². The Kier molecular flexibility index (Phi) is 3.61. The molecular formula is C9H4ClF5O2. The van der Waals surface area contributed by atoms with E-state index in [0.717, 1.165) is 24.3 Å². The van der Waals surface area contributed by atoms with Crippen molar-refractivity contribution in [3.05, 3.63) is 29.8 Å². The lowest BCUT2D eigenvalue weighted by Crippen LogP contribution is -2.41. The Hall–Kier alpha value is -1.37. The number of alkyl halides is 5. The first-order valence-corrected chi connectivity index (χ1v) is 4.45. The van der Waals surface area contributed by atoms with Crippen LogP contribution < -0.4 is 4.74 Å². The maximum Gasteiger partial charge on any atom is 0.499 e. The van der Waals surface area contributed by atoms with Gasteiger partial charge in [0.15, 0.2) is 0 Å². The molecule has 0 amide bonds. The van der Waals surface area contributed by atoms with Gasteiger partial charge in [0.25, 0.3) is 5.24 Å². The zero-order chi connectivity index (χ0) is 13.3. The van der Waals surface area contributed by atoms with Crippen LogP contribution in [0.25, 0.3) is 0 Å². The summed E-state index contributed by atoms with van der Waals surface area (Å²) in [6.07, 6.45) is -11.1. The minimum absolute atomic E-state index is 0.0469. The van der Waals surface area contributed by atoms with E-state index in [1.807, 2.05) is 0 Å². The SMILES string of the molecule is O=C(Cl)c1ccc(OC(F)(F)C(F)(F)F)cc1. The number of rotatable bonds is 3. The monoisotopic (exact) mass is 274 g/mol. The first-order valence-electron chi connectivity index (χ1n) is 4.07. The summed E-state index contributed by atoms with van der Waals surface area (Å²) in [5, 5.41) is -0.862. The van der Waals surface area contributed by atoms with Crippen molar-refractivity contribution in [3.8, 4) is 5.75 Å². The van der Waals surface area contributed by atoms with Gasteiger partial charge in [-0.3, -0.25) is 4.79 Å². The molecule has 0 spiro atoms. The van der Waals surface area contributed by atoms with Crippen molar-refractivity contribution in [2.75, 3.05) is 0 Å². The van der Waals surface area contributed by atoms with Crippen LogP contribution in [0, 0.1) is 0 Å². The first-order chi connectivity index (χ1) is 7.63. The van der Waals surface area contributed by atoms with Gasteiger partial charge in [0.2, 0.25) is 0 Å². The third-order valence-corrected chi connectivity index (χ3v) is 1.88.